The van der Waals surface area contributed by atoms with Crippen molar-refractivity contribution in [2.24, 2.45) is 23.0 Å². The normalized spacial score (nSPS) is 25.4. The van der Waals surface area contributed by atoms with Gasteiger partial charge in [0.05, 0.1) is 0 Å². The number of amides is 1. The summed E-state index contributed by atoms with van der Waals surface area (Å²) in [5.41, 5.74) is 5.78. The Morgan fingerprint density at radius 1 is 1.24 bits per heavy atom. The summed E-state index contributed by atoms with van der Waals surface area (Å²) in [7, 11) is 0. The molecule has 1 heterocycles. The molecular weight excluding hydrogens is 212 g/mol. The summed E-state index contributed by atoms with van der Waals surface area (Å²) in [5, 5.41) is 0. The maximum Gasteiger partial charge on any atom is 0.222 e. The number of nitrogens with zero attached hydrogens (tertiary/aromatic N) is 1. The van der Waals surface area contributed by atoms with E-state index in [0.717, 1.165) is 25.9 Å². The lowest BCUT2D eigenvalue weighted by Gasteiger charge is -2.25. The van der Waals surface area contributed by atoms with Crippen LogP contribution in [0.2, 0.25) is 0 Å². The Morgan fingerprint density at radius 2 is 1.76 bits per heavy atom. The fourth-order valence-corrected chi connectivity index (χ4v) is 2.45. The van der Waals surface area contributed by atoms with E-state index in [1.54, 1.807) is 0 Å². The molecule has 2 atom stereocenters. The van der Waals surface area contributed by atoms with Crippen LogP contribution in [-0.2, 0) is 4.79 Å². The Hall–Kier alpha value is -0.570. The molecule has 0 aliphatic carbocycles. The average molecular weight is 240 g/mol. The van der Waals surface area contributed by atoms with E-state index in [2.05, 4.69) is 27.7 Å². The number of hydrogen-bond donors (Lipinski definition) is 1. The highest BCUT2D eigenvalue weighted by atomic mass is 16.2. The van der Waals surface area contributed by atoms with Gasteiger partial charge in [0.25, 0.3) is 0 Å². The highest BCUT2D eigenvalue weighted by Gasteiger charge is 2.29. The van der Waals surface area contributed by atoms with Gasteiger partial charge in [-0.1, -0.05) is 27.7 Å². The van der Waals surface area contributed by atoms with Gasteiger partial charge in [-0.05, 0) is 36.6 Å². The van der Waals surface area contributed by atoms with Crippen molar-refractivity contribution < 1.29 is 4.79 Å². The van der Waals surface area contributed by atoms with E-state index in [1.807, 2.05) is 4.90 Å². The first-order chi connectivity index (χ1) is 7.85. The van der Waals surface area contributed by atoms with Crippen molar-refractivity contribution in [1.29, 1.82) is 0 Å². The van der Waals surface area contributed by atoms with E-state index in [-0.39, 0.29) is 5.41 Å². The Labute approximate surface area is 106 Å². The van der Waals surface area contributed by atoms with Gasteiger partial charge in [-0.15, -0.1) is 0 Å². The van der Waals surface area contributed by atoms with Crippen molar-refractivity contribution in [3.63, 3.8) is 0 Å². The predicted molar refractivity (Wildman–Crippen MR) is 71.6 cm³/mol. The molecule has 17 heavy (non-hydrogen) atoms. The lowest BCUT2D eigenvalue weighted by molar-refractivity contribution is -0.131. The third kappa shape index (κ3) is 4.30. The SMILES string of the molecule is CC1CN(C(=O)CCC(C)(C)CCN)CC1C. The maximum atomic E-state index is 12.1. The van der Waals surface area contributed by atoms with E-state index < -0.39 is 0 Å². The Kier molecular flexibility index (Phi) is 4.99. The van der Waals surface area contributed by atoms with E-state index in [0.29, 0.717) is 30.7 Å². The van der Waals surface area contributed by atoms with Crippen molar-refractivity contribution in [1.82, 2.24) is 4.90 Å². The molecule has 0 spiro atoms. The van der Waals surface area contributed by atoms with Crippen LogP contribution in [0.3, 0.4) is 0 Å². The molecule has 0 radical (unpaired) electrons. The first-order valence-electron chi connectivity index (χ1n) is 6.83. The van der Waals surface area contributed by atoms with Crippen molar-refractivity contribution in [3.8, 4) is 0 Å². The molecule has 1 amide bonds. The Balaban J connectivity index is 2.35. The lowest BCUT2D eigenvalue weighted by atomic mass is 9.84. The van der Waals surface area contributed by atoms with E-state index >= 15 is 0 Å². The second-order valence-electron chi connectivity index (χ2n) is 6.46. The maximum absolute atomic E-state index is 12.1. The van der Waals surface area contributed by atoms with Crippen LogP contribution in [-0.4, -0.2) is 30.4 Å². The van der Waals surface area contributed by atoms with Gasteiger partial charge in [-0.2, -0.15) is 0 Å². The van der Waals surface area contributed by atoms with E-state index in [4.69, 9.17) is 5.73 Å². The standard InChI is InChI=1S/C14H28N2O/c1-11-9-16(10-12(11)2)13(17)5-6-14(3,4)7-8-15/h11-12H,5-10,15H2,1-4H3. The summed E-state index contributed by atoms with van der Waals surface area (Å²) in [4.78, 5) is 14.1. The van der Waals surface area contributed by atoms with Crippen LogP contribution in [0.4, 0.5) is 0 Å². The molecular formula is C14H28N2O. The number of carbonyl (C=O) groups is 1. The first-order valence-corrected chi connectivity index (χ1v) is 6.83. The van der Waals surface area contributed by atoms with Gasteiger partial charge in [0.2, 0.25) is 5.91 Å². The highest BCUT2D eigenvalue weighted by molar-refractivity contribution is 5.76. The van der Waals surface area contributed by atoms with Gasteiger partial charge >= 0.3 is 0 Å². The number of hydrogen-bond acceptors (Lipinski definition) is 2. The third-order valence-electron chi connectivity index (χ3n) is 4.18. The minimum atomic E-state index is 0.196. The molecule has 2 N–H and O–H groups in total. The zero-order valence-electron chi connectivity index (χ0n) is 11.8. The van der Waals surface area contributed by atoms with Crippen LogP contribution in [0.15, 0.2) is 0 Å². The largest absolute Gasteiger partial charge is 0.342 e. The molecule has 3 heteroatoms. The second kappa shape index (κ2) is 5.85. The second-order valence-corrected chi connectivity index (χ2v) is 6.46. The van der Waals surface area contributed by atoms with Gasteiger partial charge in [-0.25, -0.2) is 0 Å². The molecule has 2 unspecified atom stereocenters. The van der Waals surface area contributed by atoms with Crippen molar-refractivity contribution in [2.45, 2.75) is 47.0 Å². The average Bonchev–Trinajstić information content (AvgIpc) is 2.56. The number of rotatable bonds is 5. The quantitative estimate of drug-likeness (QED) is 0.801. The zero-order valence-corrected chi connectivity index (χ0v) is 11.8. The lowest BCUT2D eigenvalue weighted by Crippen LogP contribution is -2.30. The van der Waals surface area contributed by atoms with Crippen LogP contribution < -0.4 is 5.73 Å². The number of carbonyl (C=O) groups excluding carboxylic acids is 1. The Morgan fingerprint density at radius 3 is 2.24 bits per heavy atom. The summed E-state index contributed by atoms with van der Waals surface area (Å²) >= 11 is 0. The van der Waals surface area contributed by atoms with E-state index in [1.165, 1.54) is 0 Å². The van der Waals surface area contributed by atoms with Crippen molar-refractivity contribution in [2.75, 3.05) is 19.6 Å². The molecule has 1 fully saturated rings. The van der Waals surface area contributed by atoms with Crippen molar-refractivity contribution in [3.05, 3.63) is 0 Å². The van der Waals surface area contributed by atoms with Crippen molar-refractivity contribution >= 4 is 5.91 Å². The van der Waals surface area contributed by atoms with Crippen LogP contribution >= 0.6 is 0 Å². The predicted octanol–water partition coefficient (Wildman–Crippen LogP) is 2.26. The molecule has 100 valence electrons. The molecule has 0 aromatic heterocycles. The third-order valence-corrected chi connectivity index (χ3v) is 4.18. The van der Waals surface area contributed by atoms with Crippen LogP contribution in [0.25, 0.3) is 0 Å². The van der Waals surface area contributed by atoms with Gasteiger partial charge < -0.3 is 10.6 Å². The van der Waals surface area contributed by atoms with E-state index in [9.17, 15) is 4.79 Å². The fraction of sp³-hybridized carbons (Fsp3) is 0.929. The zero-order chi connectivity index (χ0) is 13.1. The van der Waals surface area contributed by atoms with Crippen LogP contribution in [0.5, 0.6) is 0 Å². The molecule has 0 aromatic carbocycles. The molecule has 0 bridgehead atoms. The summed E-state index contributed by atoms with van der Waals surface area (Å²) in [6, 6.07) is 0. The summed E-state index contributed by atoms with van der Waals surface area (Å²) in [5.74, 6) is 1.62. The fourth-order valence-electron chi connectivity index (χ4n) is 2.45. The molecule has 0 aromatic rings. The van der Waals surface area contributed by atoms with Crippen LogP contribution in [0, 0.1) is 17.3 Å². The molecule has 1 rings (SSSR count). The summed E-state index contributed by atoms with van der Waals surface area (Å²) < 4.78 is 0. The highest BCUT2D eigenvalue weighted by Crippen LogP contribution is 2.28. The van der Waals surface area contributed by atoms with Gasteiger partial charge in [0.1, 0.15) is 0 Å². The van der Waals surface area contributed by atoms with Gasteiger partial charge in [0.15, 0.2) is 0 Å². The minimum Gasteiger partial charge on any atom is -0.342 e. The smallest absolute Gasteiger partial charge is 0.222 e. The number of likely N-dealkylation sites (tertiary alicyclic amines) is 1. The molecule has 0 saturated carbocycles. The number of nitrogens with two attached hydrogens (primary N) is 1. The van der Waals surface area contributed by atoms with Gasteiger partial charge in [-0.3, -0.25) is 4.79 Å². The molecule has 1 aliphatic rings. The topological polar surface area (TPSA) is 46.3 Å². The molecule has 3 nitrogen and oxygen atoms in total. The minimum absolute atomic E-state index is 0.196. The van der Waals surface area contributed by atoms with Crippen LogP contribution in [0.1, 0.15) is 47.0 Å². The molecule has 1 saturated heterocycles. The first kappa shape index (κ1) is 14.5. The Bertz CT molecular complexity index is 253. The summed E-state index contributed by atoms with van der Waals surface area (Å²) in [6.45, 7) is 11.4. The molecule has 1 aliphatic heterocycles. The van der Waals surface area contributed by atoms with Gasteiger partial charge in [0, 0.05) is 19.5 Å². The summed E-state index contributed by atoms with van der Waals surface area (Å²) in [6.07, 6.45) is 2.61. The monoisotopic (exact) mass is 240 g/mol.